The van der Waals surface area contributed by atoms with Crippen LogP contribution in [0.3, 0.4) is 0 Å². The second-order valence-corrected chi connectivity index (χ2v) is 9.87. The molecule has 186 valence electrons. The van der Waals surface area contributed by atoms with Gasteiger partial charge in [0.05, 0.1) is 17.8 Å². The number of benzene rings is 3. The van der Waals surface area contributed by atoms with Gasteiger partial charge in [0.1, 0.15) is 5.69 Å². The summed E-state index contributed by atoms with van der Waals surface area (Å²) in [5, 5.41) is 8.84. The predicted molar refractivity (Wildman–Crippen MR) is 153 cm³/mol. The van der Waals surface area contributed by atoms with Crippen LogP contribution in [0.15, 0.2) is 103 Å². The van der Waals surface area contributed by atoms with Gasteiger partial charge in [0.25, 0.3) is 0 Å². The summed E-state index contributed by atoms with van der Waals surface area (Å²) in [5.41, 5.74) is 5.65. The van der Waals surface area contributed by atoms with Crippen molar-refractivity contribution in [2.24, 2.45) is 0 Å². The van der Waals surface area contributed by atoms with E-state index in [0.29, 0.717) is 28.8 Å². The van der Waals surface area contributed by atoms with Crippen molar-refractivity contribution in [3.05, 3.63) is 113 Å². The van der Waals surface area contributed by atoms with E-state index in [0.717, 1.165) is 33.2 Å². The Labute approximate surface area is 227 Å². The SMILES string of the molecule is O=C(Cc1ccccc1)Nc1cccc(-c2nc3sccn3c2-c2ccnc(Nc3cccc(Cl)c3)n2)c1. The Bertz CT molecular complexity index is 1750. The highest BCUT2D eigenvalue weighted by atomic mass is 35.5. The number of fused-ring (bicyclic) bond motifs is 1. The lowest BCUT2D eigenvalue weighted by Crippen LogP contribution is -2.14. The summed E-state index contributed by atoms with van der Waals surface area (Å²) < 4.78 is 2.02. The Kier molecular flexibility index (Phi) is 6.56. The van der Waals surface area contributed by atoms with Crippen LogP contribution in [0.4, 0.5) is 17.3 Å². The summed E-state index contributed by atoms with van der Waals surface area (Å²) >= 11 is 7.68. The van der Waals surface area contributed by atoms with E-state index >= 15 is 0 Å². The van der Waals surface area contributed by atoms with Crippen molar-refractivity contribution >= 4 is 51.1 Å². The van der Waals surface area contributed by atoms with Crippen LogP contribution < -0.4 is 10.6 Å². The van der Waals surface area contributed by atoms with Crippen LogP contribution >= 0.6 is 22.9 Å². The maximum absolute atomic E-state index is 12.7. The van der Waals surface area contributed by atoms with Crippen molar-refractivity contribution in [2.75, 3.05) is 10.6 Å². The first-order valence-electron chi connectivity index (χ1n) is 11.9. The molecule has 9 heteroatoms. The van der Waals surface area contributed by atoms with Gasteiger partial charge in [0, 0.05) is 39.7 Å². The first-order chi connectivity index (χ1) is 18.6. The molecule has 6 aromatic rings. The van der Waals surface area contributed by atoms with Crippen LogP contribution in [0.25, 0.3) is 27.6 Å². The number of nitrogens with one attached hydrogen (secondary N) is 2. The highest BCUT2D eigenvalue weighted by molar-refractivity contribution is 7.15. The molecule has 2 N–H and O–H groups in total. The molecule has 0 saturated heterocycles. The summed E-state index contributed by atoms with van der Waals surface area (Å²) in [6.07, 6.45) is 3.99. The number of halogens is 1. The van der Waals surface area contributed by atoms with E-state index in [1.54, 1.807) is 17.5 Å². The topological polar surface area (TPSA) is 84.2 Å². The molecule has 0 aliphatic rings. The van der Waals surface area contributed by atoms with E-state index in [2.05, 4.69) is 15.6 Å². The van der Waals surface area contributed by atoms with Crippen LogP contribution in [0.1, 0.15) is 5.56 Å². The molecule has 0 radical (unpaired) electrons. The van der Waals surface area contributed by atoms with Crippen molar-refractivity contribution < 1.29 is 4.79 Å². The van der Waals surface area contributed by atoms with Crippen molar-refractivity contribution in [3.63, 3.8) is 0 Å². The van der Waals surface area contributed by atoms with Gasteiger partial charge in [0.2, 0.25) is 11.9 Å². The molecule has 3 aromatic heterocycles. The Morgan fingerprint density at radius 3 is 2.63 bits per heavy atom. The fourth-order valence-corrected chi connectivity index (χ4v) is 5.11. The zero-order chi connectivity index (χ0) is 25.9. The summed E-state index contributed by atoms with van der Waals surface area (Å²) in [5.74, 6) is 0.370. The van der Waals surface area contributed by atoms with E-state index < -0.39 is 0 Å². The molecule has 7 nitrogen and oxygen atoms in total. The molecule has 0 aliphatic carbocycles. The zero-order valence-electron chi connectivity index (χ0n) is 20.0. The van der Waals surface area contributed by atoms with E-state index in [1.165, 1.54) is 0 Å². The minimum absolute atomic E-state index is 0.0769. The van der Waals surface area contributed by atoms with Gasteiger partial charge in [-0.05, 0) is 42.0 Å². The third kappa shape index (κ3) is 5.13. The molecule has 0 aliphatic heterocycles. The standard InChI is InChI=1S/C29H21ClN6OS/c30-21-9-5-11-23(18-21)33-28-31-13-12-24(34-28)27-26(35-29-36(27)14-15-38-29)20-8-4-10-22(17-20)32-25(37)16-19-6-2-1-3-7-19/h1-15,17-18H,16H2,(H,32,37)(H,31,33,34). The summed E-state index contributed by atoms with van der Waals surface area (Å²) in [6.45, 7) is 0. The third-order valence-electron chi connectivity index (χ3n) is 5.87. The van der Waals surface area contributed by atoms with Crippen LogP contribution in [0.2, 0.25) is 5.02 Å². The Morgan fingerprint density at radius 1 is 0.921 bits per heavy atom. The van der Waals surface area contributed by atoms with Crippen LogP contribution in [-0.4, -0.2) is 25.3 Å². The minimum Gasteiger partial charge on any atom is -0.326 e. The lowest BCUT2D eigenvalue weighted by Gasteiger charge is -2.10. The number of nitrogens with zero attached hydrogens (tertiary/aromatic N) is 4. The van der Waals surface area contributed by atoms with Gasteiger partial charge in [0.15, 0.2) is 4.96 Å². The molecule has 6 rings (SSSR count). The Morgan fingerprint density at radius 2 is 1.76 bits per heavy atom. The zero-order valence-corrected chi connectivity index (χ0v) is 21.6. The Hall–Kier alpha value is -4.53. The number of imidazole rings is 1. The average molecular weight is 537 g/mol. The maximum atomic E-state index is 12.7. The van der Waals surface area contributed by atoms with Gasteiger partial charge in [-0.2, -0.15) is 0 Å². The number of carbonyl (C=O) groups excluding carboxylic acids is 1. The summed E-state index contributed by atoms with van der Waals surface area (Å²) in [6, 6.07) is 26.6. The largest absolute Gasteiger partial charge is 0.326 e. The quantitative estimate of drug-likeness (QED) is 0.227. The molecule has 3 heterocycles. The lowest BCUT2D eigenvalue weighted by atomic mass is 10.1. The van der Waals surface area contributed by atoms with Crippen molar-refractivity contribution in [1.29, 1.82) is 0 Å². The van der Waals surface area contributed by atoms with E-state index in [-0.39, 0.29) is 5.91 Å². The van der Waals surface area contributed by atoms with E-state index in [9.17, 15) is 4.79 Å². The fraction of sp³-hybridized carbons (Fsp3) is 0.0345. The second-order valence-electron chi connectivity index (χ2n) is 8.56. The van der Waals surface area contributed by atoms with Gasteiger partial charge >= 0.3 is 0 Å². The normalized spacial score (nSPS) is 11.0. The number of rotatable bonds is 7. The third-order valence-corrected chi connectivity index (χ3v) is 6.86. The van der Waals surface area contributed by atoms with Crippen LogP contribution in [-0.2, 0) is 11.2 Å². The molecule has 0 bridgehead atoms. The first kappa shape index (κ1) is 23.8. The van der Waals surface area contributed by atoms with Crippen molar-refractivity contribution in [2.45, 2.75) is 6.42 Å². The van der Waals surface area contributed by atoms with E-state index in [1.807, 2.05) is 101 Å². The molecule has 0 atom stereocenters. The number of amides is 1. The molecule has 0 spiro atoms. The maximum Gasteiger partial charge on any atom is 0.228 e. The molecular weight excluding hydrogens is 516 g/mol. The number of aromatic nitrogens is 4. The van der Waals surface area contributed by atoms with Gasteiger partial charge in [-0.1, -0.05) is 60.1 Å². The Balaban J connectivity index is 1.33. The summed E-state index contributed by atoms with van der Waals surface area (Å²) in [4.78, 5) is 27.6. The monoisotopic (exact) mass is 536 g/mol. The van der Waals surface area contributed by atoms with Crippen LogP contribution in [0, 0.1) is 0 Å². The number of carbonyl (C=O) groups is 1. The molecule has 38 heavy (non-hydrogen) atoms. The van der Waals surface area contributed by atoms with Gasteiger partial charge < -0.3 is 10.6 Å². The predicted octanol–water partition coefficient (Wildman–Crippen LogP) is 7.10. The highest BCUT2D eigenvalue weighted by Gasteiger charge is 2.19. The van der Waals surface area contributed by atoms with Crippen molar-refractivity contribution in [3.8, 4) is 22.6 Å². The number of hydrogen-bond acceptors (Lipinski definition) is 6. The van der Waals surface area contributed by atoms with E-state index in [4.69, 9.17) is 21.6 Å². The van der Waals surface area contributed by atoms with Crippen LogP contribution in [0.5, 0.6) is 0 Å². The average Bonchev–Trinajstić information content (AvgIpc) is 3.51. The molecular formula is C29H21ClN6OS. The molecule has 3 aromatic carbocycles. The summed E-state index contributed by atoms with van der Waals surface area (Å²) in [7, 11) is 0. The number of thiazole rings is 1. The second kappa shape index (κ2) is 10.5. The first-order valence-corrected chi connectivity index (χ1v) is 13.1. The van der Waals surface area contributed by atoms with Gasteiger partial charge in [-0.25, -0.2) is 15.0 Å². The van der Waals surface area contributed by atoms with Gasteiger partial charge in [-0.15, -0.1) is 11.3 Å². The highest BCUT2D eigenvalue weighted by Crippen LogP contribution is 2.35. The van der Waals surface area contributed by atoms with Crippen molar-refractivity contribution in [1.82, 2.24) is 19.4 Å². The number of hydrogen-bond donors (Lipinski definition) is 2. The number of anilines is 3. The molecule has 1 amide bonds. The smallest absolute Gasteiger partial charge is 0.228 e. The van der Waals surface area contributed by atoms with Gasteiger partial charge in [-0.3, -0.25) is 9.20 Å². The lowest BCUT2D eigenvalue weighted by molar-refractivity contribution is -0.115. The molecule has 0 saturated carbocycles. The molecule has 0 fully saturated rings. The minimum atomic E-state index is -0.0769. The molecule has 0 unspecified atom stereocenters. The fourth-order valence-electron chi connectivity index (χ4n) is 4.21.